The van der Waals surface area contributed by atoms with Crippen LogP contribution < -0.4 is 5.73 Å². The second-order valence-corrected chi connectivity index (χ2v) is 6.28. The van der Waals surface area contributed by atoms with Gasteiger partial charge in [0.2, 0.25) is 0 Å². The molecule has 96 valence electrons. The number of aromatic nitrogens is 2. The molecule has 0 aliphatic rings. The van der Waals surface area contributed by atoms with Crippen molar-refractivity contribution in [3.63, 3.8) is 0 Å². The fourth-order valence-electron chi connectivity index (χ4n) is 1.69. The third-order valence-corrected chi connectivity index (χ3v) is 3.35. The van der Waals surface area contributed by atoms with Crippen LogP contribution in [0.1, 0.15) is 31.7 Å². The van der Waals surface area contributed by atoms with Crippen molar-refractivity contribution in [3.05, 3.63) is 17.5 Å². The Morgan fingerprint density at radius 1 is 1.41 bits per heavy atom. The molecule has 17 heavy (non-hydrogen) atoms. The second kappa shape index (κ2) is 5.80. The Bertz CT molecular complexity index is 362. The van der Waals surface area contributed by atoms with Crippen molar-refractivity contribution < 1.29 is 5.11 Å². The average molecular weight is 255 g/mol. The van der Waals surface area contributed by atoms with E-state index >= 15 is 0 Å². The minimum absolute atomic E-state index is 0.00833. The highest BCUT2D eigenvalue weighted by molar-refractivity contribution is 7.99. The first kappa shape index (κ1) is 14.4. The summed E-state index contributed by atoms with van der Waals surface area (Å²) in [7, 11) is 0. The number of hydrogen-bond donors (Lipinski definition) is 2. The molecule has 0 bridgehead atoms. The van der Waals surface area contributed by atoms with E-state index < -0.39 is 5.54 Å². The lowest BCUT2D eigenvalue weighted by atomic mass is 9.99. The minimum atomic E-state index is -0.536. The first-order chi connectivity index (χ1) is 7.82. The summed E-state index contributed by atoms with van der Waals surface area (Å²) in [6.07, 6.45) is 0.727. The van der Waals surface area contributed by atoms with E-state index in [0.29, 0.717) is 0 Å². The van der Waals surface area contributed by atoms with Crippen molar-refractivity contribution in [3.8, 4) is 0 Å². The van der Waals surface area contributed by atoms with Crippen LogP contribution in [0.3, 0.4) is 0 Å². The topological polar surface area (TPSA) is 72.0 Å². The third-order valence-electron chi connectivity index (χ3n) is 2.38. The average Bonchev–Trinajstić information content (AvgIpc) is 2.14. The Labute approximate surface area is 107 Å². The molecule has 0 aliphatic heterocycles. The van der Waals surface area contributed by atoms with E-state index in [-0.39, 0.29) is 11.9 Å². The molecular weight excluding hydrogens is 234 g/mol. The first-order valence-corrected chi connectivity index (χ1v) is 6.59. The van der Waals surface area contributed by atoms with Gasteiger partial charge in [-0.05, 0) is 33.3 Å². The Kier molecular flexibility index (Phi) is 4.91. The molecule has 0 fully saturated rings. The molecule has 4 nitrogen and oxygen atoms in total. The van der Waals surface area contributed by atoms with Crippen molar-refractivity contribution in [1.29, 1.82) is 0 Å². The molecule has 1 aromatic heterocycles. The predicted molar refractivity (Wildman–Crippen MR) is 71.1 cm³/mol. The lowest BCUT2D eigenvalue weighted by Crippen LogP contribution is -2.42. The van der Waals surface area contributed by atoms with Gasteiger partial charge >= 0.3 is 0 Å². The lowest BCUT2D eigenvalue weighted by molar-refractivity contribution is 0.201. The van der Waals surface area contributed by atoms with Gasteiger partial charge in [0.15, 0.2) is 5.16 Å². The second-order valence-electron chi connectivity index (χ2n) is 4.88. The third kappa shape index (κ3) is 5.02. The summed E-state index contributed by atoms with van der Waals surface area (Å²) in [6.45, 7) is 7.85. The monoisotopic (exact) mass is 255 g/mol. The fourth-order valence-corrected chi connectivity index (χ4v) is 2.91. The molecule has 1 aromatic rings. The molecule has 0 saturated heterocycles. The highest BCUT2D eigenvalue weighted by Gasteiger charge is 2.21. The van der Waals surface area contributed by atoms with Gasteiger partial charge in [0.05, 0.1) is 6.61 Å². The summed E-state index contributed by atoms with van der Waals surface area (Å²) in [5, 5.41) is 10.2. The van der Waals surface area contributed by atoms with E-state index in [1.807, 2.05) is 26.8 Å². The van der Waals surface area contributed by atoms with Gasteiger partial charge in [-0.25, -0.2) is 9.97 Å². The van der Waals surface area contributed by atoms with Crippen LogP contribution >= 0.6 is 11.8 Å². The van der Waals surface area contributed by atoms with Crippen molar-refractivity contribution in [1.82, 2.24) is 9.97 Å². The molecule has 0 spiro atoms. The van der Waals surface area contributed by atoms with Crippen LogP contribution in [0.4, 0.5) is 0 Å². The van der Waals surface area contributed by atoms with Gasteiger partial charge in [-0.2, -0.15) is 0 Å². The van der Waals surface area contributed by atoms with Crippen molar-refractivity contribution in [2.45, 2.75) is 50.1 Å². The maximum Gasteiger partial charge on any atom is 0.188 e. The molecule has 1 rings (SSSR count). The molecular formula is C12H21N3OS. The van der Waals surface area contributed by atoms with E-state index in [4.69, 9.17) is 10.8 Å². The number of thioether (sulfide) groups is 1. The zero-order valence-electron chi connectivity index (χ0n) is 10.9. The Morgan fingerprint density at radius 3 is 2.41 bits per heavy atom. The predicted octanol–water partition coefficient (Wildman–Crippen LogP) is 1.67. The molecule has 0 aliphatic carbocycles. The van der Waals surface area contributed by atoms with Gasteiger partial charge < -0.3 is 10.8 Å². The molecule has 0 amide bonds. The van der Waals surface area contributed by atoms with Gasteiger partial charge in [0, 0.05) is 22.2 Å². The molecule has 3 N–H and O–H groups in total. The van der Waals surface area contributed by atoms with Crippen molar-refractivity contribution >= 4 is 11.8 Å². The SMILES string of the molecule is Cc1cc(C)nc(SC(C)CC(C)(N)CO)n1. The minimum Gasteiger partial charge on any atom is -0.394 e. The molecule has 5 heteroatoms. The van der Waals surface area contributed by atoms with E-state index in [1.54, 1.807) is 11.8 Å². The molecule has 2 unspecified atom stereocenters. The molecule has 2 atom stereocenters. The standard InChI is InChI=1S/C12H21N3OS/c1-8-5-9(2)15-11(14-8)17-10(3)6-12(4,13)7-16/h5,10,16H,6-7,13H2,1-4H3. The number of nitrogens with zero attached hydrogens (tertiary/aromatic N) is 2. The van der Waals surface area contributed by atoms with Crippen LogP contribution in [0, 0.1) is 13.8 Å². The number of rotatable bonds is 5. The van der Waals surface area contributed by atoms with Crippen LogP contribution in [0.2, 0.25) is 0 Å². The van der Waals surface area contributed by atoms with E-state index in [2.05, 4.69) is 16.9 Å². The van der Waals surface area contributed by atoms with Crippen LogP contribution in [0.15, 0.2) is 11.2 Å². The van der Waals surface area contributed by atoms with E-state index in [1.165, 1.54) is 0 Å². The maximum atomic E-state index is 9.13. The smallest absolute Gasteiger partial charge is 0.188 e. The summed E-state index contributed by atoms with van der Waals surface area (Å²) in [5.41, 5.74) is 7.34. The number of aryl methyl sites for hydroxylation is 2. The molecule has 0 aromatic carbocycles. The number of aliphatic hydroxyl groups is 1. The zero-order valence-corrected chi connectivity index (χ0v) is 11.7. The van der Waals surface area contributed by atoms with Gasteiger partial charge in [-0.3, -0.25) is 0 Å². The maximum absolute atomic E-state index is 9.13. The van der Waals surface area contributed by atoms with Crippen LogP contribution in [0.25, 0.3) is 0 Å². The lowest BCUT2D eigenvalue weighted by Gasteiger charge is -2.24. The fraction of sp³-hybridized carbons (Fsp3) is 0.667. The van der Waals surface area contributed by atoms with Crippen molar-refractivity contribution in [2.24, 2.45) is 5.73 Å². The van der Waals surface area contributed by atoms with Gasteiger partial charge in [-0.15, -0.1) is 0 Å². The summed E-state index contributed by atoms with van der Waals surface area (Å²) < 4.78 is 0. The molecule has 1 heterocycles. The molecule has 0 saturated carbocycles. The number of aliphatic hydroxyl groups excluding tert-OH is 1. The highest BCUT2D eigenvalue weighted by Crippen LogP contribution is 2.25. The Balaban J connectivity index is 2.65. The zero-order chi connectivity index (χ0) is 13.1. The number of hydrogen-bond acceptors (Lipinski definition) is 5. The summed E-state index contributed by atoms with van der Waals surface area (Å²) >= 11 is 1.60. The quantitative estimate of drug-likeness (QED) is 0.618. The molecule has 0 radical (unpaired) electrons. The van der Waals surface area contributed by atoms with E-state index in [0.717, 1.165) is 23.0 Å². The first-order valence-electron chi connectivity index (χ1n) is 5.71. The van der Waals surface area contributed by atoms with Crippen LogP contribution in [-0.4, -0.2) is 32.5 Å². The summed E-state index contributed by atoms with van der Waals surface area (Å²) in [5.74, 6) is 0. The summed E-state index contributed by atoms with van der Waals surface area (Å²) in [6, 6.07) is 1.95. The normalized spacial score (nSPS) is 16.6. The Hall–Kier alpha value is -0.650. The highest BCUT2D eigenvalue weighted by atomic mass is 32.2. The Morgan fingerprint density at radius 2 is 1.94 bits per heavy atom. The van der Waals surface area contributed by atoms with Crippen LogP contribution in [-0.2, 0) is 0 Å². The summed E-state index contributed by atoms with van der Waals surface area (Å²) in [4.78, 5) is 8.76. The largest absolute Gasteiger partial charge is 0.394 e. The van der Waals surface area contributed by atoms with Gasteiger partial charge in [0.25, 0.3) is 0 Å². The van der Waals surface area contributed by atoms with Gasteiger partial charge in [0.1, 0.15) is 0 Å². The van der Waals surface area contributed by atoms with Gasteiger partial charge in [-0.1, -0.05) is 18.7 Å². The van der Waals surface area contributed by atoms with Crippen LogP contribution in [0.5, 0.6) is 0 Å². The van der Waals surface area contributed by atoms with Crippen molar-refractivity contribution in [2.75, 3.05) is 6.61 Å². The van der Waals surface area contributed by atoms with E-state index in [9.17, 15) is 0 Å². The number of nitrogens with two attached hydrogens (primary N) is 1.